The summed E-state index contributed by atoms with van der Waals surface area (Å²) in [5.74, 6) is -1.53. The van der Waals surface area contributed by atoms with Crippen LogP contribution in [0.3, 0.4) is 0 Å². The second-order valence-electron chi connectivity index (χ2n) is 15.6. The smallest absolute Gasteiger partial charge is 0.362 e. The highest BCUT2D eigenvalue weighted by Gasteiger charge is 2.31. The number of carboxylic acids is 1. The average Bonchev–Trinajstić information content (AvgIpc) is 3.17. The van der Waals surface area contributed by atoms with E-state index in [0.29, 0.717) is 19.3 Å². The predicted octanol–water partition coefficient (Wildman–Crippen LogP) is 12.1. The molecule has 0 aromatic heterocycles. The number of carbonyl (C=O) groups excluding carboxylic acids is 2. The van der Waals surface area contributed by atoms with Crippen molar-refractivity contribution >= 4 is 17.9 Å². The van der Waals surface area contributed by atoms with Crippen LogP contribution < -0.4 is 0 Å². The van der Waals surface area contributed by atoms with Gasteiger partial charge in [0.25, 0.3) is 0 Å². The first-order chi connectivity index (χ1) is 27.6. The normalized spacial score (nSPS) is 13.8. The number of unbranched alkanes of at least 4 members (excludes halogenated alkanes) is 10. The molecule has 0 aliphatic carbocycles. The topological polar surface area (TPSA) is 99.1 Å². The third-order valence-corrected chi connectivity index (χ3v) is 9.28. The molecule has 0 aromatic carbocycles. The summed E-state index contributed by atoms with van der Waals surface area (Å²) in [6, 6.07) is -0.625. The third-order valence-electron chi connectivity index (χ3n) is 9.28. The van der Waals surface area contributed by atoms with Crippen LogP contribution in [-0.4, -0.2) is 80.6 Å². The van der Waals surface area contributed by atoms with Crippen molar-refractivity contribution < 1.29 is 38.2 Å². The Morgan fingerprint density at radius 1 is 0.544 bits per heavy atom. The van der Waals surface area contributed by atoms with Gasteiger partial charge in [-0.25, -0.2) is 4.79 Å². The van der Waals surface area contributed by atoms with Gasteiger partial charge in [0, 0.05) is 19.3 Å². The molecule has 0 radical (unpaired) electrons. The zero-order valence-electron chi connectivity index (χ0n) is 36.8. The molecule has 8 nitrogen and oxygen atoms in total. The molecule has 0 aliphatic rings. The number of esters is 2. The van der Waals surface area contributed by atoms with Gasteiger partial charge in [-0.3, -0.25) is 9.59 Å². The molecule has 0 spiro atoms. The lowest BCUT2D eigenvalue weighted by Gasteiger charge is -2.31. The Morgan fingerprint density at radius 3 is 1.46 bits per heavy atom. The maximum absolute atomic E-state index is 12.7. The molecule has 0 saturated carbocycles. The minimum absolute atomic E-state index is 0.0419. The fraction of sp³-hybridized carbons (Fsp3) is 0.653. The van der Waals surface area contributed by atoms with E-state index in [1.165, 1.54) is 12.8 Å². The van der Waals surface area contributed by atoms with Gasteiger partial charge in [-0.15, -0.1) is 0 Å². The van der Waals surface area contributed by atoms with Crippen LogP contribution in [-0.2, 0) is 28.6 Å². The first kappa shape index (κ1) is 53.5. The van der Waals surface area contributed by atoms with Crippen molar-refractivity contribution in [1.29, 1.82) is 0 Å². The van der Waals surface area contributed by atoms with E-state index < -0.39 is 18.1 Å². The first-order valence-electron chi connectivity index (χ1n) is 22.1. The maximum Gasteiger partial charge on any atom is 0.362 e. The number of hydrogen-bond acceptors (Lipinski definition) is 6. The number of aliphatic carboxylic acids is 1. The molecule has 0 amide bonds. The van der Waals surface area contributed by atoms with Gasteiger partial charge >= 0.3 is 17.9 Å². The molecule has 8 heteroatoms. The number of rotatable bonds is 38. The van der Waals surface area contributed by atoms with Crippen LogP contribution in [0.5, 0.6) is 0 Å². The molecule has 0 heterocycles. The molecule has 2 atom stereocenters. The highest BCUT2D eigenvalue weighted by molar-refractivity contribution is 5.72. The molecule has 0 saturated heterocycles. The number of quaternary nitrogens is 1. The van der Waals surface area contributed by atoms with E-state index in [1.54, 1.807) is 0 Å². The van der Waals surface area contributed by atoms with Gasteiger partial charge in [0.05, 0.1) is 34.4 Å². The Balaban J connectivity index is 4.37. The molecule has 2 unspecified atom stereocenters. The summed E-state index contributed by atoms with van der Waals surface area (Å²) < 4.78 is 17.2. The van der Waals surface area contributed by atoms with Crippen molar-refractivity contribution in [3.8, 4) is 0 Å². The number of nitrogens with zero attached hydrogens (tertiary/aromatic N) is 1. The SMILES string of the molecule is CC/C=C/C/C=C/C/C=C/C/C=C/C/C=C/C/C=C/CCCCCCC(=O)OC(COCCC(C(=O)O)[N+](C)(C)C)COC(=O)CCCCCC/C=C/CCCC. The van der Waals surface area contributed by atoms with E-state index in [-0.39, 0.29) is 36.2 Å². The lowest BCUT2D eigenvalue weighted by molar-refractivity contribution is -0.887. The fourth-order valence-corrected chi connectivity index (χ4v) is 5.84. The number of carbonyl (C=O) groups is 3. The Hall–Kier alpha value is -3.49. The summed E-state index contributed by atoms with van der Waals surface area (Å²) in [5, 5.41) is 9.61. The van der Waals surface area contributed by atoms with E-state index in [1.807, 2.05) is 21.1 Å². The summed E-state index contributed by atoms with van der Waals surface area (Å²) in [4.78, 5) is 36.9. The van der Waals surface area contributed by atoms with Gasteiger partial charge in [-0.1, -0.05) is 137 Å². The second-order valence-corrected chi connectivity index (χ2v) is 15.6. The first-order valence-corrected chi connectivity index (χ1v) is 22.1. The Bertz CT molecular complexity index is 1200. The van der Waals surface area contributed by atoms with Gasteiger partial charge in [0.15, 0.2) is 12.1 Å². The van der Waals surface area contributed by atoms with Crippen molar-refractivity contribution in [3.63, 3.8) is 0 Å². The minimum Gasteiger partial charge on any atom is -0.477 e. The molecule has 0 rings (SSSR count). The minimum atomic E-state index is -0.885. The summed E-state index contributed by atoms with van der Waals surface area (Å²) >= 11 is 0. The van der Waals surface area contributed by atoms with Crippen molar-refractivity contribution in [2.24, 2.45) is 0 Å². The number of allylic oxidation sites excluding steroid dienone is 14. The van der Waals surface area contributed by atoms with E-state index in [0.717, 1.165) is 109 Å². The van der Waals surface area contributed by atoms with Crippen LogP contribution in [0.4, 0.5) is 0 Å². The van der Waals surface area contributed by atoms with Crippen LogP contribution in [0.2, 0.25) is 0 Å². The second kappa shape index (κ2) is 39.3. The average molecular weight is 797 g/mol. The van der Waals surface area contributed by atoms with Crippen molar-refractivity contribution in [2.75, 3.05) is 41.0 Å². The largest absolute Gasteiger partial charge is 0.477 e. The van der Waals surface area contributed by atoms with Crippen molar-refractivity contribution in [2.45, 2.75) is 167 Å². The van der Waals surface area contributed by atoms with E-state index in [2.05, 4.69) is 98.9 Å². The van der Waals surface area contributed by atoms with Gasteiger partial charge < -0.3 is 23.8 Å². The zero-order valence-corrected chi connectivity index (χ0v) is 36.8. The lowest BCUT2D eigenvalue weighted by atomic mass is 10.1. The standard InChI is InChI=1S/C49H81NO7/c1-6-8-10-12-14-16-18-19-20-21-22-23-24-25-26-27-28-29-30-32-34-36-38-40-48(52)57-45(43-55-42-41-46(49(53)54)50(3,4)5)44-56-47(51)39-37-35-33-31-17-15-13-11-9-7-2/h8,10,13-16,19-20,22-23,25-26,28-29,45-46H,6-7,9,11-12,17-18,21,24,27,30-44H2,1-5H3/p+1/b10-8+,15-13+,16-14+,20-19+,23-22+,26-25+,29-28+. The Labute approximate surface area is 348 Å². The Morgan fingerprint density at radius 2 is 0.982 bits per heavy atom. The summed E-state index contributed by atoms with van der Waals surface area (Å²) in [6.07, 6.45) is 50.6. The highest BCUT2D eigenvalue weighted by atomic mass is 16.6. The van der Waals surface area contributed by atoms with Crippen LogP contribution in [0.1, 0.15) is 155 Å². The molecule has 57 heavy (non-hydrogen) atoms. The number of ether oxygens (including phenoxy) is 3. The van der Waals surface area contributed by atoms with Crippen LogP contribution in [0.25, 0.3) is 0 Å². The summed E-state index contributed by atoms with van der Waals surface area (Å²) in [6.45, 7) is 4.51. The molecule has 0 aromatic rings. The maximum atomic E-state index is 12.7. The molecular weight excluding hydrogens is 715 g/mol. The van der Waals surface area contributed by atoms with Gasteiger partial charge in [-0.05, 0) is 83.5 Å². The van der Waals surface area contributed by atoms with Gasteiger partial charge in [0.2, 0.25) is 0 Å². The zero-order chi connectivity index (χ0) is 42.1. The monoisotopic (exact) mass is 797 g/mol. The van der Waals surface area contributed by atoms with Crippen LogP contribution >= 0.6 is 0 Å². The van der Waals surface area contributed by atoms with Crippen LogP contribution in [0, 0.1) is 0 Å². The number of hydrogen-bond donors (Lipinski definition) is 1. The fourth-order valence-electron chi connectivity index (χ4n) is 5.84. The third kappa shape index (κ3) is 37.8. The number of likely N-dealkylation sites (N-methyl/N-ethyl adjacent to an activating group) is 1. The summed E-state index contributed by atoms with van der Waals surface area (Å²) in [7, 11) is 5.50. The van der Waals surface area contributed by atoms with Crippen LogP contribution in [0.15, 0.2) is 85.1 Å². The Kier molecular flexibility index (Phi) is 36.9. The van der Waals surface area contributed by atoms with Gasteiger partial charge in [0.1, 0.15) is 6.61 Å². The van der Waals surface area contributed by atoms with E-state index in [4.69, 9.17) is 14.2 Å². The molecule has 0 aliphatic heterocycles. The van der Waals surface area contributed by atoms with Crippen molar-refractivity contribution in [3.05, 3.63) is 85.1 Å². The molecule has 324 valence electrons. The predicted molar refractivity (Wildman–Crippen MR) is 238 cm³/mol. The van der Waals surface area contributed by atoms with E-state index >= 15 is 0 Å². The lowest BCUT2D eigenvalue weighted by Crippen LogP contribution is -2.50. The highest BCUT2D eigenvalue weighted by Crippen LogP contribution is 2.12. The quantitative estimate of drug-likeness (QED) is 0.0287. The van der Waals surface area contributed by atoms with Gasteiger partial charge in [-0.2, -0.15) is 0 Å². The number of carboxylic acid groups (broad SMARTS) is 1. The molecule has 0 bridgehead atoms. The molecule has 1 N–H and O–H groups in total. The molecule has 0 fully saturated rings. The summed E-state index contributed by atoms with van der Waals surface area (Å²) in [5.41, 5.74) is 0. The van der Waals surface area contributed by atoms with Crippen molar-refractivity contribution in [1.82, 2.24) is 0 Å². The van der Waals surface area contributed by atoms with E-state index in [9.17, 15) is 19.5 Å². The molecular formula is C49H82NO7+.